The first-order valence-corrected chi connectivity index (χ1v) is 9.11. The third-order valence-corrected chi connectivity index (χ3v) is 4.55. The molecule has 2 aromatic rings. The molecule has 2 amide bonds. The van der Waals surface area contributed by atoms with Gasteiger partial charge in [-0.25, -0.2) is 0 Å². The molecule has 0 radical (unpaired) electrons. The van der Waals surface area contributed by atoms with Crippen LogP contribution in [0.4, 0.5) is 11.4 Å². The number of nitro groups is 1. The lowest BCUT2D eigenvalue weighted by molar-refractivity contribution is -0.384. The van der Waals surface area contributed by atoms with Crippen LogP contribution in [0.25, 0.3) is 0 Å². The Kier molecular flexibility index (Phi) is 5.95. The van der Waals surface area contributed by atoms with E-state index in [0.29, 0.717) is 11.3 Å². The second-order valence-corrected chi connectivity index (χ2v) is 6.70. The normalized spacial score (nSPS) is 13.1. The minimum absolute atomic E-state index is 0.0121. The van der Waals surface area contributed by atoms with E-state index < -0.39 is 10.8 Å². The molecule has 0 atom stereocenters. The lowest BCUT2D eigenvalue weighted by Gasteiger charge is -2.15. The Hall–Kier alpha value is -3.33. The van der Waals surface area contributed by atoms with Crippen molar-refractivity contribution >= 4 is 40.5 Å². The van der Waals surface area contributed by atoms with Crippen LogP contribution >= 0.6 is 12.2 Å². The number of thiocarbonyl (C=S) groups is 1. The van der Waals surface area contributed by atoms with Crippen molar-refractivity contribution in [2.75, 3.05) is 18.4 Å². The maximum Gasteiger partial charge on any atom is 0.269 e. The number of nitro benzene ring substituents is 1. The molecule has 0 aliphatic carbocycles. The number of nitrogens with zero attached hydrogens (tertiary/aromatic N) is 2. The van der Waals surface area contributed by atoms with Gasteiger partial charge in [0.1, 0.15) is 0 Å². The van der Waals surface area contributed by atoms with E-state index in [4.69, 9.17) is 12.2 Å². The minimum Gasteiger partial charge on any atom is -0.339 e. The fourth-order valence-electron chi connectivity index (χ4n) is 2.87. The lowest BCUT2D eigenvalue weighted by Crippen LogP contribution is -2.34. The topological polar surface area (TPSA) is 105 Å². The van der Waals surface area contributed by atoms with Crippen molar-refractivity contribution in [2.45, 2.75) is 12.8 Å². The Morgan fingerprint density at radius 1 is 0.964 bits per heavy atom. The van der Waals surface area contributed by atoms with Gasteiger partial charge in [0.15, 0.2) is 5.11 Å². The molecule has 144 valence electrons. The van der Waals surface area contributed by atoms with Crippen LogP contribution in [-0.2, 0) is 0 Å². The molecule has 1 heterocycles. The fraction of sp³-hybridized carbons (Fsp3) is 0.211. The van der Waals surface area contributed by atoms with E-state index in [1.807, 2.05) is 4.90 Å². The van der Waals surface area contributed by atoms with Crippen LogP contribution in [0.2, 0.25) is 0 Å². The number of hydrogen-bond acceptors (Lipinski definition) is 5. The molecule has 1 aliphatic heterocycles. The summed E-state index contributed by atoms with van der Waals surface area (Å²) in [5, 5.41) is 16.1. The predicted molar refractivity (Wildman–Crippen MR) is 108 cm³/mol. The van der Waals surface area contributed by atoms with E-state index in [1.165, 1.54) is 24.3 Å². The van der Waals surface area contributed by atoms with Crippen molar-refractivity contribution in [3.8, 4) is 0 Å². The van der Waals surface area contributed by atoms with Crippen molar-refractivity contribution in [3.05, 3.63) is 69.8 Å². The van der Waals surface area contributed by atoms with Gasteiger partial charge in [-0.3, -0.25) is 25.0 Å². The lowest BCUT2D eigenvalue weighted by atomic mass is 10.2. The van der Waals surface area contributed by atoms with Crippen LogP contribution in [0.1, 0.15) is 33.6 Å². The van der Waals surface area contributed by atoms with Gasteiger partial charge in [-0.1, -0.05) is 0 Å². The van der Waals surface area contributed by atoms with Crippen LogP contribution in [0.5, 0.6) is 0 Å². The van der Waals surface area contributed by atoms with Gasteiger partial charge in [0, 0.05) is 42.0 Å². The van der Waals surface area contributed by atoms with E-state index in [9.17, 15) is 19.7 Å². The van der Waals surface area contributed by atoms with Crippen LogP contribution < -0.4 is 10.6 Å². The van der Waals surface area contributed by atoms with Gasteiger partial charge in [-0.2, -0.15) is 0 Å². The van der Waals surface area contributed by atoms with Gasteiger partial charge in [-0.05, 0) is 61.5 Å². The summed E-state index contributed by atoms with van der Waals surface area (Å²) in [5.74, 6) is -0.466. The monoisotopic (exact) mass is 398 g/mol. The van der Waals surface area contributed by atoms with Gasteiger partial charge in [-0.15, -0.1) is 0 Å². The highest BCUT2D eigenvalue weighted by Crippen LogP contribution is 2.16. The molecule has 0 bridgehead atoms. The number of benzene rings is 2. The highest BCUT2D eigenvalue weighted by Gasteiger charge is 2.19. The highest BCUT2D eigenvalue weighted by atomic mass is 32.1. The van der Waals surface area contributed by atoms with Gasteiger partial charge in [0.25, 0.3) is 17.5 Å². The molecular weight excluding hydrogens is 380 g/mol. The van der Waals surface area contributed by atoms with E-state index in [2.05, 4.69) is 10.6 Å². The molecule has 1 aliphatic rings. The van der Waals surface area contributed by atoms with E-state index in [-0.39, 0.29) is 22.3 Å². The molecule has 0 aromatic heterocycles. The van der Waals surface area contributed by atoms with Crippen molar-refractivity contribution in [1.29, 1.82) is 0 Å². The van der Waals surface area contributed by atoms with Gasteiger partial charge in [0.2, 0.25) is 0 Å². The molecule has 3 rings (SSSR count). The Labute approximate surface area is 166 Å². The number of likely N-dealkylation sites (tertiary alicyclic amines) is 1. The summed E-state index contributed by atoms with van der Waals surface area (Å²) in [5.41, 5.74) is 1.39. The molecule has 8 nitrogen and oxygen atoms in total. The standard InChI is InChI=1S/C19H18N4O4S/c24-17(13-5-9-16(10-6-13)23(26)27)21-19(28)20-15-7-3-14(4-8-15)18(25)22-11-1-2-12-22/h3-10H,1-2,11-12H2,(H2,20,21,24,28). The Morgan fingerprint density at radius 2 is 1.54 bits per heavy atom. The average Bonchev–Trinajstić information content (AvgIpc) is 3.22. The molecule has 1 saturated heterocycles. The summed E-state index contributed by atoms with van der Waals surface area (Å²) in [4.78, 5) is 36.4. The predicted octanol–water partition coefficient (Wildman–Crippen LogP) is 2.96. The van der Waals surface area contributed by atoms with Crippen molar-refractivity contribution < 1.29 is 14.5 Å². The smallest absolute Gasteiger partial charge is 0.269 e. The number of anilines is 1. The first kappa shape index (κ1) is 19.4. The van der Waals surface area contributed by atoms with Gasteiger partial charge in [0.05, 0.1) is 4.92 Å². The number of amides is 2. The van der Waals surface area contributed by atoms with Crippen LogP contribution in [0.3, 0.4) is 0 Å². The first-order valence-electron chi connectivity index (χ1n) is 8.70. The fourth-order valence-corrected chi connectivity index (χ4v) is 3.08. The Bertz CT molecular complexity index is 907. The molecule has 2 aromatic carbocycles. The third-order valence-electron chi connectivity index (χ3n) is 4.35. The summed E-state index contributed by atoms with van der Waals surface area (Å²) in [6, 6.07) is 12.1. The number of nitrogens with one attached hydrogen (secondary N) is 2. The second-order valence-electron chi connectivity index (χ2n) is 6.29. The minimum atomic E-state index is -0.536. The molecule has 9 heteroatoms. The molecule has 1 fully saturated rings. The zero-order valence-electron chi connectivity index (χ0n) is 14.9. The Morgan fingerprint density at radius 3 is 2.11 bits per heavy atom. The quantitative estimate of drug-likeness (QED) is 0.466. The molecule has 0 saturated carbocycles. The summed E-state index contributed by atoms with van der Waals surface area (Å²) >= 11 is 5.12. The summed E-state index contributed by atoms with van der Waals surface area (Å²) in [6.07, 6.45) is 2.07. The number of hydrogen-bond donors (Lipinski definition) is 2. The molecule has 28 heavy (non-hydrogen) atoms. The van der Waals surface area contributed by atoms with Crippen molar-refractivity contribution in [1.82, 2.24) is 10.2 Å². The largest absolute Gasteiger partial charge is 0.339 e. The van der Waals surface area contributed by atoms with Crippen LogP contribution in [-0.4, -0.2) is 39.8 Å². The SMILES string of the molecule is O=C(NC(=S)Nc1ccc(C(=O)N2CCCC2)cc1)c1ccc([N+](=O)[O-])cc1. The van der Waals surface area contributed by atoms with Crippen LogP contribution in [0, 0.1) is 10.1 Å². The van der Waals surface area contributed by atoms with E-state index in [0.717, 1.165) is 25.9 Å². The molecule has 0 spiro atoms. The molecule has 2 N–H and O–H groups in total. The maximum absolute atomic E-state index is 12.3. The van der Waals surface area contributed by atoms with Crippen molar-refractivity contribution in [2.24, 2.45) is 0 Å². The number of rotatable bonds is 4. The third kappa shape index (κ3) is 4.68. The zero-order valence-corrected chi connectivity index (χ0v) is 15.7. The average molecular weight is 398 g/mol. The number of non-ortho nitro benzene ring substituents is 1. The van der Waals surface area contributed by atoms with Gasteiger partial charge >= 0.3 is 0 Å². The second kappa shape index (κ2) is 8.57. The molecule has 0 unspecified atom stereocenters. The molecular formula is C19H18N4O4S. The summed E-state index contributed by atoms with van der Waals surface area (Å²) < 4.78 is 0. The highest BCUT2D eigenvalue weighted by molar-refractivity contribution is 7.80. The maximum atomic E-state index is 12.3. The number of carbonyl (C=O) groups is 2. The summed E-state index contributed by atoms with van der Waals surface area (Å²) in [7, 11) is 0. The van der Waals surface area contributed by atoms with E-state index >= 15 is 0 Å². The Balaban J connectivity index is 1.56. The first-order chi connectivity index (χ1) is 13.4. The zero-order chi connectivity index (χ0) is 20.1. The van der Waals surface area contributed by atoms with Gasteiger partial charge < -0.3 is 10.2 Å². The summed E-state index contributed by atoms with van der Waals surface area (Å²) in [6.45, 7) is 1.58. The number of carbonyl (C=O) groups excluding carboxylic acids is 2. The van der Waals surface area contributed by atoms with E-state index in [1.54, 1.807) is 24.3 Å². The van der Waals surface area contributed by atoms with Crippen LogP contribution in [0.15, 0.2) is 48.5 Å². The van der Waals surface area contributed by atoms with Crippen molar-refractivity contribution in [3.63, 3.8) is 0 Å².